The maximum absolute atomic E-state index is 12.7. The Morgan fingerprint density at radius 2 is 1.59 bits per heavy atom. The van der Waals surface area contributed by atoms with Crippen molar-refractivity contribution in [2.75, 3.05) is 0 Å². The summed E-state index contributed by atoms with van der Waals surface area (Å²) in [6, 6.07) is 9.21. The zero-order chi connectivity index (χ0) is 21.3. The molecule has 0 aromatic heterocycles. The molecule has 5 nitrogen and oxygen atoms in total. The molecule has 0 aliphatic carbocycles. The zero-order valence-electron chi connectivity index (χ0n) is 18.1. The first-order chi connectivity index (χ1) is 13.6. The van der Waals surface area contributed by atoms with Crippen LogP contribution in [-0.4, -0.2) is 17.9 Å². The summed E-state index contributed by atoms with van der Waals surface area (Å²) in [5.41, 5.74) is 10.2. The van der Waals surface area contributed by atoms with Crippen molar-refractivity contribution in [2.45, 2.75) is 60.5 Å². The van der Waals surface area contributed by atoms with Crippen LogP contribution in [0.1, 0.15) is 70.2 Å². The van der Waals surface area contributed by atoms with E-state index in [9.17, 15) is 9.59 Å². The van der Waals surface area contributed by atoms with Gasteiger partial charge in [0, 0.05) is 11.1 Å². The minimum atomic E-state index is -0.336. The van der Waals surface area contributed by atoms with E-state index < -0.39 is 0 Å². The van der Waals surface area contributed by atoms with Crippen molar-refractivity contribution >= 4 is 11.8 Å². The summed E-state index contributed by atoms with van der Waals surface area (Å²) in [6.07, 6.45) is 1.96. The molecule has 0 saturated carbocycles. The molecule has 2 aromatic carbocycles. The second kappa shape index (κ2) is 7.90. The Balaban J connectivity index is 1.71. The van der Waals surface area contributed by atoms with Crippen molar-refractivity contribution in [1.82, 2.24) is 10.9 Å². The number of carbonyl (C=O) groups is 2. The molecule has 1 heterocycles. The molecular formula is C24H30N2O3. The molecule has 0 spiro atoms. The van der Waals surface area contributed by atoms with E-state index in [0.29, 0.717) is 11.1 Å². The van der Waals surface area contributed by atoms with Gasteiger partial charge in [0.1, 0.15) is 11.9 Å². The molecule has 2 N–H and O–H groups in total. The molecule has 1 aliphatic rings. The van der Waals surface area contributed by atoms with Crippen molar-refractivity contribution in [1.29, 1.82) is 0 Å². The van der Waals surface area contributed by atoms with Gasteiger partial charge in [0.25, 0.3) is 11.8 Å². The Bertz CT molecular complexity index is 937. The number of amides is 2. The van der Waals surface area contributed by atoms with E-state index in [-0.39, 0.29) is 23.3 Å². The molecule has 154 valence electrons. The van der Waals surface area contributed by atoms with E-state index in [1.54, 1.807) is 18.2 Å². The molecular weight excluding hydrogens is 364 g/mol. The van der Waals surface area contributed by atoms with Crippen LogP contribution in [0.5, 0.6) is 5.75 Å². The number of aryl methyl sites for hydroxylation is 2. The van der Waals surface area contributed by atoms with Gasteiger partial charge in [0.2, 0.25) is 0 Å². The summed E-state index contributed by atoms with van der Waals surface area (Å²) < 4.78 is 6.19. The van der Waals surface area contributed by atoms with Crippen molar-refractivity contribution in [3.05, 3.63) is 63.7 Å². The second-order valence-corrected chi connectivity index (χ2v) is 9.01. The Hall–Kier alpha value is -2.82. The smallest absolute Gasteiger partial charge is 0.269 e. The molecule has 0 saturated heterocycles. The van der Waals surface area contributed by atoms with Crippen LogP contribution in [-0.2, 0) is 6.42 Å². The van der Waals surface area contributed by atoms with E-state index in [1.165, 1.54) is 0 Å². The maximum atomic E-state index is 12.7. The van der Waals surface area contributed by atoms with Crippen LogP contribution < -0.4 is 15.6 Å². The maximum Gasteiger partial charge on any atom is 0.269 e. The van der Waals surface area contributed by atoms with Gasteiger partial charge in [-0.2, -0.15) is 0 Å². The van der Waals surface area contributed by atoms with Gasteiger partial charge >= 0.3 is 0 Å². The van der Waals surface area contributed by atoms with Crippen LogP contribution in [0.15, 0.2) is 30.3 Å². The number of hydrogen-bond acceptors (Lipinski definition) is 3. The lowest BCUT2D eigenvalue weighted by atomic mass is 9.83. The number of ether oxygens (including phenoxy) is 1. The normalized spacial score (nSPS) is 15.9. The fourth-order valence-corrected chi connectivity index (χ4v) is 3.86. The van der Waals surface area contributed by atoms with Crippen LogP contribution in [0.2, 0.25) is 0 Å². The quantitative estimate of drug-likeness (QED) is 0.741. The lowest BCUT2D eigenvalue weighted by Crippen LogP contribution is -2.42. The number of carbonyl (C=O) groups excluding carboxylic acids is 2. The number of nitrogens with one attached hydrogen (secondary N) is 2. The van der Waals surface area contributed by atoms with E-state index in [1.807, 2.05) is 32.9 Å². The van der Waals surface area contributed by atoms with Gasteiger partial charge in [-0.3, -0.25) is 20.4 Å². The third-order valence-corrected chi connectivity index (χ3v) is 5.47. The van der Waals surface area contributed by atoms with E-state index >= 15 is 0 Å². The lowest BCUT2D eigenvalue weighted by molar-refractivity contribution is 0.0671. The van der Waals surface area contributed by atoms with Crippen molar-refractivity contribution < 1.29 is 14.3 Å². The van der Waals surface area contributed by atoms with Gasteiger partial charge < -0.3 is 4.74 Å². The van der Waals surface area contributed by atoms with Gasteiger partial charge in [-0.05, 0) is 74.4 Å². The fraction of sp³-hybridized carbons (Fsp3) is 0.417. The lowest BCUT2D eigenvalue weighted by Gasteiger charge is -2.36. The summed E-state index contributed by atoms with van der Waals surface area (Å²) in [6.45, 7) is 12.3. The second-order valence-electron chi connectivity index (χ2n) is 9.01. The third kappa shape index (κ3) is 4.61. The molecule has 3 rings (SSSR count). The number of hydrogen-bond donors (Lipinski definition) is 2. The Labute approximate surface area is 172 Å². The van der Waals surface area contributed by atoms with E-state index in [0.717, 1.165) is 40.8 Å². The van der Waals surface area contributed by atoms with E-state index in [2.05, 4.69) is 31.6 Å². The Kier molecular flexibility index (Phi) is 5.69. The molecule has 0 radical (unpaired) electrons. The van der Waals surface area contributed by atoms with E-state index in [4.69, 9.17) is 4.74 Å². The van der Waals surface area contributed by atoms with Gasteiger partial charge in [-0.15, -0.1) is 0 Å². The summed E-state index contributed by atoms with van der Waals surface area (Å²) in [5, 5.41) is 0. The number of rotatable bonds is 2. The molecule has 0 bridgehead atoms. The number of hydrazine groups is 1. The minimum Gasteiger partial charge on any atom is -0.490 e. The molecule has 1 atom stereocenters. The molecule has 2 amide bonds. The number of benzene rings is 2. The Morgan fingerprint density at radius 1 is 0.966 bits per heavy atom. The van der Waals surface area contributed by atoms with Gasteiger partial charge in [0.15, 0.2) is 0 Å². The average Bonchev–Trinajstić information content (AvgIpc) is 2.64. The zero-order valence-corrected chi connectivity index (χ0v) is 18.1. The standard InChI is InChI=1S/C24H30N2O3/c1-14-11-15(2)13-17(12-14)22(27)25-26-23(28)19-7-9-20-18(16(19)3)8-10-21(29-20)24(4,5)6/h7,9,11-13,21H,8,10H2,1-6H3,(H,25,27)(H,26,28). The molecule has 1 unspecified atom stereocenters. The van der Waals surface area contributed by atoms with Gasteiger partial charge in [0.05, 0.1) is 0 Å². The topological polar surface area (TPSA) is 67.4 Å². The minimum absolute atomic E-state index is 0.0695. The van der Waals surface area contributed by atoms with Crippen LogP contribution in [0.25, 0.3) is 0 Å². The molecule has 0 fully saturated rings. The third-order valence-electron chi connectivity index (χ3n) is 5.47. The monoisotopic (exact) mass is 394 g/mol. The molecule has 2 aromatic rings. The first-order valence-electron chi connectivity index (χ1n) is 10.0. The average molecular weight is 395 g/mol. The highest BCUT2D eigenvalue weighted by Gasteiger charge is 2.31. The van der Waals surface area contributed by atoms with Crippen LogP contribution in [0, 0.1) is 26.2 Å². The fourth-order valence-electron chi connectivity index (χ4n) is 3.86. The summed E-state index contributed by atoms with van der Waals surface area (Å²) in [5.74, 6) is 0.183. The first kappa shape index (κ1) is 20.9. The summed E-state index contributed by atoms with van der Waals surface area (Å²) >= 11 is 0. The Morgan fingerprint density at radius 3 is 2.21 bits per heavy atom. The highest BCUT2D eigenvalue weighted by atomic mass is 16.5. The van der Waals surface area contributed by atoms with Gasteiger partial charge in [-0.25, -0.2) is 0 Å². The summed E-state index contributed by atoms with van der Waals surface area (Å²) in [7, 11) is 0. The highest BCUT2D eigenvalue weighted by Crippen LogP contribution is 2.37. The predicted molar refractivity (Wildman–Crippen MR) is 114 cm³/mol. The molecule has 5 heteroatoms. The first-order valence-corrected chi connectivity index (χ1v) is 10.0. The van der Waals surface area contributed by atoms with Crippen LogP contribution in [0.4, 0.5) is 0 Å². The summed E-state index contributed by atoms with van der Waals surface area (Å²) in [4.78, 5) is 25.1. The number of fused-ring (bicyclic) bond motifs is 1. The van der Waals surface area contributed by atoms with Gasteiger partial charge in [-0.1, -0.05) is 38.0 Å². The van der Waals surface area contributed by atoms with Crippen molar-refractivity contribution in [3.8, 4) is 5.75 Å². The largest absolute Gasteiger partial charge is 0.490 e. The SMILES string of the molecule is Cc1cc(C)cc(C(=O)NNC(=O)c2ccc3c(c2C)CCC(C(C)(C)C)O3)c1. The highest BCUT2D eigenvalue weighted by molar-refractivity contribution is 6.00. The van der Waals surface area contributed by atoms with Crippen molar-refractivity contribution in [3.63, 3.8) is 0 Å². The van der Waals surface area contributed by atoms with Crippen LogP contribution >= 0.6 is 0 Å². The van der Waals surface area contributed by atoms with Crippen LogP contribution in [0.3, 0.4) is 0 Å². The molecule has 1 aliphatic heterocycles. The molecule has 29 heavy (non-hydrogen) atoms. The predicted octanol–water partition coefficient (Wildman–Crippen LogP) is 4.43. The van der Waals surface area contributed by atoms with Crippen molar-refractivity contribution in [2.24, 2.45) is 5.41 Å².